The summed E-state index contributed by atoms with van der Waals surface area (Å²) in [6, 6.07) is 7.37. The highest BCUT2D eigenvalue weighted by Gasteiger charge is 2.25. The van der Waals surface area contributed by atoms with Crippen molar-refractivity contribution < 1.29 is 19.1 Å². The molecule has 0 bridgehead atoms. The summed E-state index contributed by atoms with van der Waals surface area (Å²) in [5.41, 5.74) is 5.60. The Hall–Kier alpha value is -2.13. The van der Waals surface area contributed by atoms with Crippen molar-refractivity contribution in [3.8, 4) is 5.75 Å². The number of hydrogen-bond acceptors (Lipinski definition) is 6. The summed E-state index contributed by atoms with van der Waals surface area (Å²) in [7, 11) is 0. The van der Waals surface area contributed by atoms with E-state index in [4.69, 9.17) is 17.0 Å². The fourth-order valence-electron chi connectivity index (χ4n) is 2.25. The molecule has 1 heterocycles. The van der Waals surface area contributed by atoms with E-state index in [9.17, 15) is 14.4 Å². The average molecular weight is 396 g/mol. The van der Waals surface area contributed by atoms with Gasteiger partial charge < -0.3 is 4.74 Å². The Morgan fingerprint density at radius 1 is 1.23 bits per heavy atom. The Morgan fingerprint density at radius 2 is 1.96 bits per heavy atom. The van der Waals surface area contributed by atoms with Gasteiger partial charge in [0.1, 0.15) is 10.1 Å². The van der Waals surface area contributed by atoms with Gasteiger partial charge in [-0.1, -0.05) is 42.2 Å². The first-order valence-corrected chi connectivity index (χ1v) is 9.60. The molecule has 140 valence electrons. The van der Waals surface area contributed by atoms with Crippen molar-refractivity contribution in [3.05, 3.63) is 29.8 Å². The molecule has 2 N–H and O–H groups in total. The highest BCUT2D eigenvalue weighted by Crippen LogP contribution is 2.19. The third kappa shape index (κ3) is 6.30. The first-order valence-electron chi connectivity index (χ1n) is 8.20. The Morgan fingerprint density at radius 3 is 2.65 bits per heavy atom. The van der Waals surface area contributed by atoms with Gasteiger partial charge in [0.15, 0.2) is 6.61 Å². The molecule has 0 unspecified atom stereocenters. The van der Waals surface area contributed by atoms with E-state index in [0.717, 1.165) is 5.56 Å². The van der Waals surface area contributed by atoms with Crippen LogP contribution in [0.4, 0.5) is 0 Å². The molecule has 26 heavy (non-hydrogen) atoms. The Labute approximate surface area is 161 Å². The van der Waals surface area contributed by atoms with Crippen LogP contribution in [-0.2, 0) is 14.4 Å². The minimum atomic E-state index is -0.438. The van der Waals surface area contributed by atoms with Crippen molar-refractivity contribution in [2.45, 2.75) is 26.2 Å². The third-order valence-corrected chi connectivity index (χ3v) is 5.10. The van der Waals surface area contributed by atoms with Gasteiger partial charge in [0.05, 0.1) is 5.75 Å². The second-order valence-corrected chi connectivity index (χ2v) is 7.32. The molecule has 9 heteroatoms. The van der Waals surface area contributed by atoms with Crippen molar-refractivity contribution in [3.63, 3.8) is 0 Å². The van der Waals surface area contributed by atoms with Gasteiger partial charge in [-0.2, -0.15) is 0 Å². The summed E-state index contributed by atoms with van der Waals surface area (Å²) in [5.74, 6) is 0.313. The second kappa shape index (κ2) is 10.1. The summed E-state index contributed by atoms with van der Waals surface area (Å²) in [6.45, 7) is 2.22. The zero-order valence-corrected chi connectivity index (χ0v) is 16.1. The summed E-state index contributed by atoms with van der Waals surface area (Å²) in [6.07, 6.45) is 1.52. The van der Waals surface area contributed by atoms with Crippen LogP contribution in [0.5, 0.6) is 5.75 Å². The quantitative estimate of drug-likeness (QED) is 0.395. The first-order chi connectivity index (χ1) is 12.5. The number of thiocarbonyl (C=S) groups is 1. The van der Waals surface area contributed by atoms with Gasteiger partial charge in [-0.25, -0.2) is 0 Å². The number of hydrazine groups is 1. The molecule has 0 radical (unpaired) electrons. The van der Waals surface area contributed by atoms with Crippen molar-refractivity contribution in [2.24, 2.45) is 0 Å². The molecule has 2 rings (SSSR count). The first kappa shape index (κ1) is 20.2. The molecule has 1 aliphatic rings. The Kier molecular flexibility index (Phi) is 7.86. The van der Waals surface area contributed by atoms with Crippen LogP contribution in [-0.4, -0.2) is 45.8 Å². The molecule has 1 aromatic carbocycles. The molecule has 7 nitrogen and oxygen atoms in total. The number of benzene rings is 1. The summed E-state index contributed by atoms with van der Waals surface area (Å²) < 4.78 is 5.99. The van der Waals surface area contributed by atoms with Gasteiger partial charge >= 0.3 is 0 Å². The van der Waals surface area contributed by atoms with E-state index in [2.05, 4.69) is 10.9 Å². The molecular formula is C17H21N3O4S2. The van der Waals surface area contributed by atoms with E-state index >= 15 is 0 Å². The monoisotopic (exact) mass is 395 g/mol. The molecule has 3 amide bonds. The molecule has 1 saturated heterocycles. The van der Waals surface area contributed by atoms with Crippen molar-refractivity contribution in [1.82, 2.24) is 15.8 Å². The van der Waals surface area contributed by atoms with Gasteiger partial charge in [0, 0.05) is 13.0 Å². The number of thioether (sulfide) groups is 1. The highest BCUT2D eigenvalue weighted by molar-refractivity contribution is 8.23. The third-order valence-electron chi connectivity index (χ3n) is 3.67. The van der Waals surface area contributed by atoms with Crippen LogP contribution in [0.15, 0.2) is 24.3 Å². The van der Waals surface area contributed by atoms with Crippen LogP contribution in [0.1, 0.15) is 24.8 Å². The van der Waals surface area contributed by atoms with Crippen molar-refractivity contribution >= 4 is 46.0 Å². The van der Waals surface area contributed by atoms with Crippen LogP contribution >= 0.6 is 24.0 Å². The fourth-order valence-corrected chi connectivity index (χ4v) is 3.37. The van der Waals surface area contributed by atoms with E-state index in [0.29, 0.717) is 35.2 Å². The van der Waals surface area contributed by atoms with E-state index in [1.165, 1.54) is 11.8 Å². The lowest BCUT2D eigenvalue weighted by atomic mass is 10.2. The number of rotatable bonds is 8. The van der Waals surface area contributed by atoms with E-state index in [1.54, 1.807) is 11.0 Å². The topological polar surface area (TPSA) is 87.7 Å². The zero-order valence-electron chi connectivity index (χ0n) is 14.4. The van der Waals surface area contributed by atoms with E-state index in [-0.39, 0.29) is 24.8 Å². The normalized spacial score (nSPS) is 13.7. The average Bonchev–Trinajstić information content (AvgIpc) is 2.94. The van der Waals surface area contributed by atoms with E-state index < -0.39 is 5.91 Å². The molecule has 0 saturated carbocycles. The van der Waals surface area contributed by atoms with Gasteiger partial charge in [-0.05, 0) is 31.4 Å². The predicted molar refractivity (Wildman–Crippen MR) is 104 cm³/mol. The van der Waals surface area contributed by atoms with Crippen LogP contribution in [0.3, 0.4) is 0 Å². The lowest BCUT2D eigenvalue weighted by Crippen LogP contribution is -2.43. The molecule has 0 aromatic heterocycles. The SMILES string of the molecule is Cc1ccccc1OCC(=O)NNC(=O)CCCCN1C(=O)CSC1=S. The van der Waals surface area contributed by atoms with Crippen LogP contribution < -0.4 is 15.6 Å². The van der Waals surface area contributed by atoms with Gasteiger partial charge in [-0.3, -0.25) is 30.1 Å². The number of hydrogen-bond donors (Lipinski definition) is 2. The van der Waals surface area contributed by atoms with Crippen LogP contribution in [0.2, 0.25) is 0 Å². The minimum absolute atomic E-state index is 0.0189. The summed E-state index contributed by atoms with van der Waals surface area (Å²) in [4.78, 5) is 36.5. The second-order valence-electron chi connectivity index (χ2n) is 5.71. The van der Waals surface area contributed by atoms with Crippen molar-refractivity contribution in [1.29, 1.82) is 0 Å². The molecule has 0 aliphatic carbocycles. The minimum Gasteiger partial charge on any atom is -0.483 e. The van der Waals surface area contributed by atoms with Gasteiger partial charge in [0.2, 0.25) is 11.8 Å². The highest BCUT2D eigenvalue weighted by atomic mass is 32.2. The lowest BCUT2D eigenvalue weighted by molar-refractivity contribution is -0.130. The van der Waals surface area contributed by atoms with Crippen LogP contribution in [0, 0.1) is 6.92 Å². The zero-order chi connectivity index (χ0) is 18.9. The Balaban J connectivity index is 1.56. The van der Waals surface area contributed by atoms with Gasteiger partial charge in [-0.15, -0.1) is 0 Å². The summed E-state index contributed by atoms with van der Waals surface area (Å²) in [5, 5.41) is 0. The van der Waals surface area contributed by atoms with Gasteiger partial charge in [0.25, 0.3) is 5.91 Å². The molecular weight excluding hydrogens is 374 g/mol. The van der Waals surface area contributed by atoms with Crippen molar-refractivity contribution in [2.75, 3.05) is 18.9 Å². The molecule has 0 atom stereocenters. The summed E-state index contributed by atoms with van der Waals surface area (Å²) >= 11 is 6.45. The number of carbonyl (C=O) groups excluding carboxylic acids is 3. The number of ether oxygens (including phenoxy) is 1. The molecule has 0 spiro atoms. The number of unbranched alkanes of at least 4 members (excludes halogenated alkanes) is 1. The molecule has 1 aliphatic heterocycles. The fraction of sp³-hybridized carbons (Fsp3) is 0.412. The maximum atomic E-state index is 11.7. The Bertz CT molecular complexity index is 680. The number of aryl methyl sites for hydroxylation is 1. The number of amides is 3. The number of para-hydroxylation sites is 1. The lowest BCUT2D eigenvalue weighted by Gasteiger charge is -2.14. The number of nitrogens with zero attached hydrogens (tertiary/aromatic N) is 1. The number of nitrogens with one attached hydrogen (secondary N) is 2. The standard InChI is InChI=1S/C17H21N3O4S2/c1-12-6-2-3-7-13(12)24-10-15(22)19-18-14(21)8-4-5-9-20-16(23)11-26-17(20)25/h2-3,6-7H,4-5,8-11H2,1H3,(H,18,21)(H,19,22). The molecule has 1 aromatic rings. The predicted octanol–water partition coefficient (Wildman–Crippen LogP) is 1.55. The largest absolute Gasteiger partial charge is 0.483 e. The number of carbonyl (C=O) groups is 3. The van der Waals surface area contributed by atoms with Crippen LogP contribution in [0.25, 0.3) is 0 Å². The smallest absolute Gasteiger partial charge is 0.276 e. The van der Waals surface area contributed by atoms with E-state index in [1.807, 2.05) is 25.1 Å². The maximum Gasteiger partial charge on any atom is 0.276 e. The molecule has 1 fully saturated rings. The maximum absolute atomic E-state index is 11.7.